The van der Waals surface area contributed by atoms with Crippen LogP contribution in [-0.2, 0) is 6.42 Å². The third-order valence-corrected chi connectivity index (χ3v) is 4.34. The first kappa shape index (κ1) is 20.2. The number of nitrogens with zero attached hydrogens (tertiary/aromatic N) is 1. The van der Waals surface area contributed by atoms with Crippen LogP contribution in [0.2, 0.25) is 0 Å². The molecular formula is C21H24N2O4. The van der Waals surface area contributed by atoms with Gasteiger partial charge in [0.15, 0.2) is 0 Å². The van der Waals surface area contributed by atoms with Gasteiger partial charge in [0, 0.05) is 30.8 Å². The van der Waals surface area contributed by atoms with E-state index in [-0.39, 0.29) is 17.4 Å². The first-order valence-corrected chi connectivity index (χ1v) is 8.96. The Labute approximate surface area is 158 Å². The summed E-state index contributed by atoms with van der Waals surface area (Å²) < 4.78 is 0. The quantitative estimate of drug-likeness (QED) is 0.750. The van der Waals surface area contributed by atoms with E-state index in [4.69, 9.17) is 5.11 Å². The molecule has 0 aliphatic rings. The normalized spacial score (nSPS) is 10.3. The maximum atomic E-state index is 12.3. The minimum absolute atomic E-state index is 0.0447. The van der Waals surface area contributed by atoms with Gasteiger partial charge in [0.2, 0.25) is 0 Å². The van der Waals surface area contributed by atoms with E-state index in [0.29, 0.717) is 37.2 Å². The number of benzene rings is 2. The number of rotatable bonds is 8. The topological polar surface area (TPSA) is 86.7 Å². The van der Waals surface area contributed by atoms with E-state index < -0.39 is 5.97 Å². The zero-order chi connectivity index (χ0) is 19.8. The number of carbonyl (C=O) groups excluding carboxylic acids is 2. The van der Waals surface area contributed by atoms with E-state index in [1.807, 2.05) is 13.8 Å². The standard InChI is InChI=1S/C21H24N2O4/c1-3-23(4-2)20(25)17-11-9-16(10-12-17)19(24)22-14-13-15-5-7-18(8-6-15)21(26)27/h5-12H,3-4,13-14H2,1-2H3,(H,22,24)(H,26,27). The molecular weight excluding hydrogens is 344 g/mol. The fourth-order valence-electron chi connectivity index (χ4n) is 2.69. The molecule has 0 fully saturated rings. The van der Waals surface area contributed by atoms with Gasteiger partial charge >= 0.3 is 5.97 Å². The minimum atomic E-state index is -0.960. The second kappa shape index (κ2) is 9.52. The van der Waals surface area contributed by atoms with Crippen LogP contribution in [0, 0.1) is 0 Å². The van der Waals surface area contributed by atoms with Gasteiger partial charge in [-0.2, -0.15) is 0 Å². The fraction of sp³-hybridized carbons (Fsp3) is 0.286. The third kappa shape index (κ3) is 5.41. The lowest BCUT2D eigenvalue weighted by Gasteiger charge is -2.18. The number of aromatic carboxylic acids is 1. The van der Waals surface area contributed by atoms with Crippen molar-refractivity contribution in [2.45, 2.75) is 20.3 Å². The number of carboxylic acids is 1. The van der Waals surface area contributed by atoms with Crippen molar-refractivity contribution in [2.24, 2.45) is 0 Å². The van der Waals surface area contributed by atoms with Gasteiger partial charge in [-0.05, 0) is 62.2 Å². The van der Waals surface area contributed by atoms with Gasteiger partial charge in [-0.3, -0.25) is 9.59 Å². The molecule has 2 amide bonds. The molecule has 0 spiro atoms. The second-order valence-corrected chi connectivity index (χ2v) is 6.06. The number of carboxylic acid groups (broad SMARTS) is 1. The van der Waals surface area contributed by atoms with Gasteiger partial charge in [0.1, 0.15) is 0 Å². The Morgan fingerprint density at radius 2 is 1.37 bits per heavy atom. The summed E-state index contributed by atoms with van der Waals surface area (Å²) in [6, 6.07) is 13.2. The zero-order valence-electron chi connectivity index (χ0n) is 15.6. The highest BCUT2D eigenvalue weighted by Crippen LogP contribution is 2.09. The highest BCUT2D eigenvalue weighted by atomic mass is 16.4. The summed E-state index contributed by atoms with van der Waals surface area (Å²) in [6.07, 6.45) is 0.601. The van der Waals surface area contributed by atoms with Gasteiger partial charge in [0.05, 0.1) is 5.56 Å². The SMILES string of the molecule is CCN(CC)C(=O)c1ccc(C(=O)NCCc2ccc(C(=O)O)cc2)cc1. The van der Waals surface area contributed by atoms with Crippen molar-refractivity contribution in [3.8, 4) is 0 Å². The summed E-state index contributed by atoms with van der Waals surface area (Å²) in [5.74, 6) is -1.21. The van der Waals surface area contributed by atoms with Gasteiger partial charge < -0.3 is 15.3 Å². The van der Waals surface area contributed by atoms with E-state index in [1.165, 1.54) is 0 Å². The number of hydrogen-bond donors (Lipinski definition) is 2. The van der Waals surface area contributed by atoms with Crippen LogP contribution in [0.4, 0.5) is 0 Å². The van der Waals surface area contributed by atoms with Crippen molar-refractivity contribution >= 4 is 17.8 Å². The summed E-state index contributed by atoms with van der Waals surface area (Å²) in [6.45, 7) is 5.58. The summed E-state index contributed by atoms with van der Waals surface area (Å²) in [5.41, 5.74) is 2.24. The number of carbonyl (C=O) groups is 3. The Bertz CT molecular complexity index is 794. The van der Waals surface area contributed by atoms with Crippen LogP contribution >= 0.6 is 0 Å². The van der Waals surface area contributed by atoms with E-state index in [0.717, 1.165) is 5.56 Å². The second-order valence-electron chi connectivity index (χ2n) is 6.06. The summed E-state index contributed by atoms with van der Waals surface area (Å²) >= 11 is 0. The Morgan fingerprint density at radius 3 is 1.89 bits per heavy atom. The maximum absolute atomic E-state index is 12.3. The molecule has 0 saturated carbocycles. The molecule has 0 aromatic heterocycles. The van der Waals surface area contributed by atoms with Gasteiger partial charge in [-0.25, -0.2) is 4.79 Å². The monoisotopic (exact) mass is 368 g/mol. The van der Waals surface area contributed by atoms with Crippen molar-refractivity contribution < 1.29 is 19.5 Å². The molecule has 0 atom stereocenters. The molecule has 0 radical (unpaired) electrons. The van der Waals surface area contributed by atoms with E-state index in [9.17, 15) is 14.4 Å². The predicted molar refractivity (Wildman–Crippen MR) is 103 cm³/mol. The lowest BCUT2D eigenvalue weighted by molar-refractivity contribution is 0.0695. The number of nitrogens with one attached hydrogen (secondary N) is 1. The van der Waals surface area contributed by atoms with E-state index in [1.54, 1.807) is 53.4 Å². The molecule has 142 valence electrons. The molecule has 0 saturated heterocycles. The molecule has 2 aromatic rings. The van der Waals surface area contributed by atoms with Gasteiger partial charge in [-0.15, -0.1) is 0 Å². The van der Waals surface area contributed by atoms with Crippen LogP contribution in [0.15, 0.2) is 48.5 Å². The third-order valence-electron chi connectivity index (χ3n) is 4.34. The van der Waals surface area contributed by atoms with Crippen LogP contribution in [0.1, 0.15) is 50.5 Å². The molecule has 2 aromatic carbocycles. The lowest BCUT2D eigenvalue weighted by atomic mass is 10.1. The van der Waals surface area contributed by atoms with Crippen molar-refractivity contribution in [1.29, 1.82) is 0 Å². The van der Waals surface area contributed by atoms with Crippen LogP contribution in [0.3, 0.4) is 0 Å². The Balaban J connectivity index is 1.88. The largest absolute Gasteiger partial charge is 0.478 e. The number of hydrogen-bond acceptors (Lipinski definition) is 3. The lowest BCUT2D eigenvalue weighted by Crippen LogP contribution is -2.30. The average Bonchev–Trinajstić information content (AvgIpc) is 2.69. The van der Waals surface area contributed by atoms with Crippen LogP contribution in [-0.4, -0.2) is 47.4 Å². The van der Waals surface area contributed by atoms with Gasteiger partial charge in [-0.1, -0.05) is 12.1 Å². The Morgan fingerprint density at radius 1 is 0.852 bits per heavy atom. The fourth-order valence-corrected chi connectivity index (χ4v) is 2.69. The van der Waals surface area contributed by atoms with Crippen LogP contribution in [0.5, 0.6) is 0 Å². The molecule has 0 bridgehead atoms. The average molecular weight is 368 g/mol. The highest BCUT2D eigenvalue weighted by Gasteiger charge is 2.13. The van der Waals surface area contributed by atoms with Crippen molar-refractivity contribution in [3.63, 3.8) is 0 Å². The zero-order valence-corrected chi connectivity index (χ0v) is 15.6. The van der Waals surface area contributed by atoms with Crippen LogP contribution < -0.4 is 5.32 Å². The Hall–Kier alpha value is -3.15. The number of amides is 2. The first-order valence-electron chi connectivity index (χ1n) is 8.96. The molecule has 6 heteroatoms. The molecule has 0 heterocycles. The molecule has 2 N–H and O–H groups in total. The van der Waals surface area contributed by atoms with E-state index in [2.05, 4.69) is 5.32 Å². The molecule has 27 heavy (non-hydrogen) atoms. The summed E-state index contributed by atoms with van der Waals surface area (Å²) in [7, 11) is 0. The maximum Gasteiger partial charge on any atom is 0.335 e. The van der Waals surface area contributed by atoms with Gasteiger partial charge in [0.25, 0.3) is 11.8 Å². The van der Waals surface area contributed by atoms with Crippen molar-refractivity contribution in [2.75, 3.05) is 19.6 Å². The first-order chi connectivity index (χ1) is 13.0. The molecule has 0 unspecified atom stereocenters. The van der Waals surface area contributed by atoms with E-state index >= 15 is 0 Å². The van der Waals surface area contributed by atoms with Crippen molar-refractivity contribution in [1.82, 2.24) is 10.2 Å². The Kier molecular flexibility index (Phi) is 7.11. The highest BCUT2D eigenvalue weighted by molar-refractivity contribution is 5.97. The molecule has 0 aliphatic heterocycles. The van der Waals surface area contributed by atoms with Crippen LogP contribution in [0.25, 0.3) is 0 Å². The molecule has 6 nitrogen and oxygen atoms in total. The predicted octanol–water partition coefficient (Wildman–Crippen LogP) is 2.84. The molecule has 0 aliphatic carbocycles. The van der Waals surface area contributed by atoms with Crippen molar-refractivity contribution in [3.05, 3.63) is 70.8 Å². The summed E-state index contributed by atoms with van der Waals surface area (Å²) in [4.78, 5) is 37.0. The molecule has 2 rings (SSSR count). The smallest absolute Gasteiger partial charge is 0.335 e. The summed E-state index contributed by atoms with van der Waals surface area (Å²) in [5, 5.41) is 11.7. The minimum Gasteiger partial charge on any atom is -0.478 e.